The number of amides is 1. The van der Waals surface area contributed by atoms with Gasteiger partial charge in [0.25, 0.3) is 5.69 Å². The molecule has 0 saturated carbocycles. The van der Waals surface area contributed by atoms with Crippen LogP contribution in [0.3, 0.4) is 0 Å². The number of sulfonamides is 1. The highest BCUT2D eigenvalue weighted by molar-refractivity contribution is 7.89. The maximum atomic E-state index is 13.7. The van der Waals surface area contributed by atoms with E-state index in [9.17, 15) is 23.3 Å². The quantitative estimate of drug-likeness (QED) is 0.323. The third-order valence-corrected chi connectivity index (χ3v) is 9.40. The molecule has 8 nitrogen and oxygen atoms in total. The highest BCUT2D eigenvalue weighted by Gasteiger charge is 2.37. The third-order valence-electron chi connectivity index (χ3n) is 6.43. The lowest BCUT2D eigenvalue weighted by molar-refractivity contribution is -0.384. The van der Waals surface area contributed by atoms with E-state index in [1.165, 1.54) is 21.3 Å². The van der Waals surface area contributed by atoms with Gasteiger partial charge in [0.05, 0.1) is 22.4 Å². The van der Waals surface area contributed by atoms with E-state index in [1.807, 2.05) is 48.7 Å². The Bertz CT molecular complexity index is 1310. The summed E-state index contributed by atoms with van der Waals surface area (Å²) in [5.74, 6) is -0.276. The van der Waals surface area contributed by atoms with Crippen LogP contribution in [0.25, 0.3) is 0 Å². The van der Waals surface area contributed by atoms with Gasteiger partial charge in [-0.3, -0.25) is 14.9 Å². The average molecular weight is 514 g/mol. The van der Waals surface area contributed by atoms with Gasteiger partial charge in [0, 0.05) is 29.6 Å². The lowest BCUT2D eigenvalue weighted by Crippen LogP contribution is -2.49. The van der Waals surface area contributed by atoms with Crippen LogP contribution < -0.4 is 0 Å². The van der Waals surface area contributed by atoms with Crippen molar-refractivity contribution in [3.63, 3.8) is 0 Å². The van der Waals surface area contributed by atoms with Crippen LogP contribution in [0.4, 0.5) is 5.69 Å². The molecule has 184 valence electrons. The normalized spacial score (nSPS) is 16.7. The number of thiophene rings is 1. The first-order chi connectivity index (χ1) is 16.7. The first kappa shape index (κ1) is 25.0. The van der Waals surface area contributed by atoms with E-state index in [0.29, 0.717) is 13.0 Å². The standard InChI is InChI=1S/C25H27N3O5S2/c1-3-18(2)27(35(32,33)21-11-9-20(10-12-21)28(30)31)17-24(29)26-15-13-23-22(14-16-34-23)25(26)19-7-5-4-6-8-19/h4-12,14,16,18,25H,3,13,15,17H2,1-2H3. The molecule has 1 amide bonds. The number of hydrogen-bond acceptors (Lipinski definition) is 6. The van der Waals surface area contributed by atoms with Crippen LogP contribution in [0.2, 0.25) is 0 Å². The number of carbonyl (C=O) groups excluding carboxylic acids is 1. The second kappa shape index (κ2) is 10.3. The molecule has 2 heterocycles. The number of nitrogens with zero attached hydrogens (tertiary/aromatic N) is 3. The Morgan fingerprint density at radius 1 is 1.17 bits per heavy atom. The van der Waals surface area contributed by atoms with Crippen molar-refractivity contribution in [1.29, 1.82) is 0 Å². The van der Waals surface area contributed by atoms with E-state index in [2.05, 4.69) is 0 Å². The smallest absolute Gasteiger partial charge is 0.269 e. The first-order valence-electron chi connectivity index (χ1n) is 11.4. The van der Waals surface area contributed by atoms with Crippen molar-refractivity contribution >= 4 is 33.0 Å². The number of fused-ring (bicyclic) bond motifs is 1. The molecule has 2 unspecified atom stereocenters. The van der Waals surface area contributed by atoms with Gasteiger partial charge in [0.15, 0.2) is 0 Å². The van der Waals surface area contributed by atoms with Gasteiger partial charge in [-0.25, -0.2) is 8.42 Å². The van der Waals surface area contributed by atoms with Crippen molar-refractivity contribution in [2.45, 2.75) is 43.7 Å². The van der Waals surface area contributed by atoms with Crippen molar-refractivity contribution in [3.8, 4) is 0 Å². The van der Waals surface area contributed by atoms with E-state index in [4.69, 9.17) is 0 Å². The number of nitro benzene ring substituents is 1. The van der Waals surface area contributed by atoms with Crippen LogP contribution in [-0.2, 0) is 21.2 Å². The summed E-state index contributed by atoms with van der Waals surface area (Å²) < 4.78 is 28.3. The SMILES string of the molecule is CCC(C)N(CC(=O)N1CCc2sccc2C1c1ccccc1)S(=O)(=O)c1ccc([N+](=O)[O-])cc1. The molecule has 0 N–H and O–H groups in total. The number of rotatable bonds is 8. The van der Waals surface area contributed by atoms with E-state index >= 15 is 0 Å². The molecule has 1 aliphatic rings. The van der Waals surface area contributed by atoms with Gasteiger partial charge in [-0.1, -0.05) is 37.3 Å². The topological polar surface area (TPSA) is 101 Å². The zero-order valence-electron chi connectivity index (χ0n) is 19.5. The van der Waals surface area contributed by atoms with Crippen LogP contribution in [0.15, 0.2) is 70.9 Å². The Balaban J connectivity index is 1.66. The fourth-order valence-electron chi connectivity index (χ4n) is 4.36. The molecule has 0 spiro atoms. The van der Waals surface area contributed by atoms with Crippen LogP contribution in [0.5, 0.6) is 0 Å². The summed E-state index contributed by atoms with van der Waals surface area (Å²) in [5.41, 5.74) is 1.86. The zero-order valence-corrected chi connectivity index (χ0v) is 21.2. The number of carbonyl (C=O) groups is 1. The van der Waals surface area contributed by atoms with Crippen molar-refractivity contribution in [2.24, 2.45) is 0 Å². The van der Waals surface area contributed by atoms with Crippen LogP contribution >= 0.6 is 11.3 Å². The molecular formula is C25H27N3O5S2. The molecule has 3 aromatic rings. The minimum atomic E-state index is -4.06. The molecule has 2 aromatic carbocycles. The summed E-state index contributed by atoms with van der Waals surface area (Å²) in [5, 5.41) is 13.0. The summed E-state index contributed by atoms with van der Waals surface area (Å²) in [6.07, 6.45) is 1.23. The van der Waals surface area contributed by atoms with Gasteiger partial charge in [-0.15, -0.1) is 11.3 Å². The van der Waals surface area contributed by atoms with Crippen molar-refractivity contribution < 1.29 is 18.1 Å². The van der Waals surface area contributed by atoms with Gasteiger partial charge in [0.2, 0.25) is 15.9 Å². The van der Waals surface area contributed by atoms with Crippen molar-refractivity contribution in [1.82, 2.24) is 9.21 Å². The van der Waals surface area contributed by atoms with Crippen LogP contribution in [-0.4, -0.2) is 47.6 Å². The molecule has 0 fully saturated rings. The van der Waals surface area contributed by atoms with E-state index < -0.39 is 21.0 Å². The van der Waals surface area contributed by atoms with Crippen LogP contribution in [0, 0.1) is 10.1 Å². The van der Waals surface area contributed by atoms with Gasteiger partial charge >= 0.3 is 0 Å². The number of benzene rings is 2. The van der Waals surface area contributed by atoms with E-state index in [0.717, 1.165) is 29.7 Å². The Labute approximate surface area is 209 Å². The molecule has 0 saturated heterocycles. The Hall–Kier alpha value is -3.08. The largest absolute Gasteiger partial charge is 0.330 e. The first-order valence-corrected chi connectivity index (χ1v) is 13.7. The number of non-ortho nitro benzene ring substituents is 1. The second-order valence-electron chi connectivity index (χ2n) is 8.51. The lowest BCUT2D eigenvalue weighted by Gasteiger charge is -2.38. The summed E-state index contributed by atoms with van der Waals surface area (Å²) >= 11 is 1.67. The van der Waals surface area contributed by atoms with Gasteiger partial charge in [0.1, 0.15) is 0 Å². The average Bonchev–Trinajstić information content (AvgIpc) is 3.35. The molecule has 0 radical (unpaired) electrons. The van der Waals surface area contributed by atoms with Gasteiger partial charge in [-0.05, 0) is 54.5 Å². The predicted octanol–water partition coefficient (Wildman–Crippen LogP) is 4.62. The minimum Gasteiger partial charge on any atom is -0.330 e. The summed E-state index contributed by atoms with van der Waals surface area (Å²) in [6, 6.07) is 15.9. The lowest BCUT2D eigenvalue weighted by atomic mass is 9.93. The third kappa shape index (κ3) is 5.00. The van der Waals surface area contributed by atoms with E-state index in [-0.39, 0.29) is 29.1 Å². The second-order valence-corrected chi connectivity index (χ2v) is 11.4. The molecule has 4 rings (SSSR count). The monoisotopic (exact) mass is 513 g/mol. The van der Waals surface area contributed by atoms with Crippen molar-refractivity contribution in [2.75, 3.05) is 13.1 Å². The maximum absolute atomic E-state index is 13.7. The highest BCUT2D eigenvalue weighted by Crippen LogP contribution is 2.38. The minimum absolute atomic E-state index is 0.0745. The van der Waals surface area contributed by atoms with Gasteiger partial charge < -0.3 is 4.90 Å². The fraction of sp³-hybridized carbons (Fsp3) is 0.320. The Morgan fingerprint density at radius 3 is 2.49 bits per heavy atom. The molecule has 1 aromatic heterocycles. The zero-order chi connectivity index (χ0) is 25.2. The molecule has 35 heavy (non-hydrogen) atoms. The number of nitro groups is 1. The molecule has 10 heteroatoms. The molecule has 1 aliphatic heterocycles. The molecular weight excluding hydrogens is 486 g/mol. The van der Waals surface area contributed by atoms with Crippen LogP contribution in [0.1, 0.15) is 42.3 Å². The van der Waals surface area contributed by atoms with Crippen molar-refractivity contribution in [3.05, 3.63) is 92.2 Å². The number of hydrogen-bond donors (Lipinski definition) is 0. The summed E-state index contributed by atoms with van der Waals surface area (Å²) in [6.45, 7) is 3.81. The van der Waals surface area contributed by atoms with Gasteiger partial charge in [-0.2, -0.15) is 4.31 Å². The molecule has 2 atom stereocenters. The predicted molar refractivity (Wildman–Crippen MR) is 135 cm³/mol. The Kier molecular flexibility index (Phi) is 7.34. The fourth-order valence-corrected chi connectivity index (χ4v) is 6.92. The molecule has 0 aliphatic carbocycles. The van der Waals surface area contributed by atoms with E-state index in [1.54, 1.807) is 23.2 Å². The Morgan fingerprint density at radius 2 is 1.86 bits per heavy atom. The highest BCUT2D eigenvalue weighted by atomic mass is 32.2. The summed E-state index contributed by atoms with van der Waals surface area (Å²) in [4.78, 5) is 27.0. The summed E-state index contributed by atoms with van der Waals surface area (Å²) in [7, 11) is -4.06. The maximum Gasteiger partial charge on any atom is 0.269 e. The molecule has 0 bridgehead atoms.